The van der Waals surface area contributed by atoms with Gasteiger partial charge in [-0.3, -0.25) is 4.31 Å². The smallest absolute Gasteiger partial charge is 0.337 e. The van der Waals surface area contributed by atoms with E-state index in [-0.39, 0.29) is 17.5 Å². The normalized spacial score (nSPS) is 13.8. The number of halogens is 1. The minimum absolute atomic E-state index is 0.0829. The van der Waals surface area contributed by atoms with E-state index in [0.29, 0.717) is 22.7 Å². The van der Waals surface area contributed by atoms with Crippen molar-refractivity contribution in [1.82, 2.24) is 4.98 Å². The Bertz CT molecular complexity index is 1320. The Morgan fingerprint density at radius 2 is 1.89 bits per heavy atom. The van der Waals surface area contributed by atoms with Crippen molar-refractivity contribution < 1.29 is 27.1 Å². The van der Waals surface area contributed by atoms with Crippen LogP contribution in [0.25, 0.3) is 0 Å². The predicted molar refractivity (Wildman–Crippen MR) is 133 cm³/mol. The second kappa shape index (κ2) is 10.3. The molecule has 1 aliphatic rings. The van der Waals surface area contributed by atoms with Gasteiger partial charge in [0.2, 0.25) is 4.34 Å². The number of carbonyl (C=O) groups is 1. The number of nitrogens with zero attached hydrogens (tertiary/aromatic N) is 2. The van der Waals surface area contributed by atoms with Crippen LogP contribution in [0.1, 0.15) is 46.1 Å². The van der Waals surface area contributed by atoms with E-state index >= 15 is 0 Å². The molecule has 10 heteroatoms. The highest BCUT2D eigenvalue weighted by Gasteiger charge is 2.32. The van der Waals surface area contributed by atoms with E-state index in [9.17, 15) is 17.6 Å². The molecule has 0 spiro atoms. The van der Waals surface area contributed by atoms with Gasteiger partial charge in [-0.2, -0.15) is 8.42 Å². The number of alkyl halides is 1. The first-order chi connectivity index (χ1) is 16.7. The van der Waals surface area contributed by atoms with Crippen molar-refractivity contribution in [1.29, 1.82) is 0 Å². The number of esters is 1. The fraction of sp³-hybridized carbons (Fsp3) is 0.360. The highest BCUT2D eigenvalue weighted by Crippen LogP contribution is 2.39. The molecule has 0 radical (unpaired) electrons. The number of hydrogen-bond acceptors (Lipinski definition) is 7. The molecule has 0 aliphatic heterocycles. The lowest BCUT2D eigenvalue weighted by atomic mass is 10.1. The molecule has 2 aromatic carbocycles. The Hall–Kier alpha value is -2.98. The molecule has 0 N–H and O–H groups in total. The first kappa shape index (κ1) is 25.1. The summed E-state index contributed by atoms with van der Waals surface area (Å²) in [6.45, 7) is 2.83. The molecule has 1 unspecified atom stereocenters. The van der Waals surface area contributed by atoms with Crippen molar-refractivity contribution in [2.24, 2.45) is 0 Å². The molecular weight excluding hydrogens is 491 g/mol. The zero-order chi connectivity index (χ0) is 25.2. The summed E-state index contributed by atoms with van der Waals surface area (Å²) >= 11 is 1.01. The molecule has 3 aromatic rings. The van der Waals surface area contributed by atoms with Crippen LogP contribution in [0.2, 0.25) is 0 Å². The van der Waals surface area contributed by atoms with Gasteiger partial charge in [0.15, 0.2) is 0 Å². The highest BCUT2D eigenvalue weighted by atomic mass is 32.2. The number of anilines is 1. The number of sulfonamides is 1. The third-order valence-electron chi connectivity index (χ3n) is 5.74. The maximum Gasteiger partial charge on any atom is 0.337 e. The maximum atomic E-state index is 14.3. The highest BCUT2D eigenvalue weighted by molar-refractivity contribution is 7.94. The standard InChI is InChI=1S/C25H27FN2O5S2/c1-16(26)13-28(35(30,31)25-27-17(2)15-34-25)22-11-20-5-4-6-21(20)12-23(22)33-14-18-7-9-19(10-8-18)24(29)32-3/h7-12,15-16H,4-6,13-14H2,1-3H3. The fourth-order valence-corrected chi connectivity index (χ4v) is 6.69. The number of thiazole rings is 1. The van der Waals surface area contributed by atoms with Gasteiger partial charge in [-0.25, -0.2) is 14.2 Å². The Balaban J connectivity index is 1.70. The van der Waals surface area contributed by atoms with E-state index in [2.05, 4.69) is 4.98 Å². The number of carbonyl (C=O) groups excluding carboxylic acids is 1. The van der Waals surface area contributed by atoms with Crippen LogP contribution in [0.4, 0.5) is 10.1 Å². The molecule has 1 atom stereocenters. The van der Waals surface area contributed by atoms with Crippen molar-refractivity contribution >= 4 is 33.0 Å². The maximum absolute atomic E-state index is 14.3. The van der Waals surface area contributed by atoms with Gasteiger partial charge >= 0.3 is 5.97 Å². The molecule has 35 heavy (non-hydrogen) atoms. The van der Waals surface area contributed by atoms with Crippen molar-refractivity contribution in [3.05, 3.63) is 69.7 Å². The van der Waals surface area contributed by atoms with Crippen LogP contribution < -0.4 is 9.04 Å². The minimum Gasteiger partial charge on any atom is -0.487 e. The number of aryl methyl sites for hydroxylation is 3. The van der Waals surface area contributed by atoms with E-state index in [1.807, 2.05) is 6.07 Å². The summed E-state index contributed by atoms with van der Waals surface area (Å²) < 4.78 is 53.2. The van der Waals surface area contributed by atoms with E-state index in [4.69, 9.17) is 9.47 Å². The molecule has 4 rings (SSSR count). The lowest BCUT2D eigenvalue weighted by Crippen LogP contribution is -2.36. The van der Waals surface area contributed by atoms with E-state index < -0.39 is 22.2 Å². The molecule has 1 aliphatic carbocycles. The van der Waals surface area contributed by atoms with Crippen molar-refractivity contribution in [2.75, 3.05) is 18.0 Å². The number of rotatable bonds is 9. The number of hydrogen-bond donors (Lipinski definition) is 0. The number of fused-ring (bicyclic) bond motifs is 1. The van der Waals surface area contributed by atoms with Gasteiger partial charge in [0.1, 0.15) is 18.5 Å². The Labute approximate surface area is 208 Å². The fourth-order valence-electron chi connectivity index (χ4n) is 4.01. The number of methoxy groups -OCH3 is 1. The van der Waals surface area contributed by atoms with E-state index in [1.165, 1.54) is 14.0 Å². The van der Waals surface area contributed by atoms with Crippen LogP contribution in [0, 0.1) is 6.92 Å². The molecule has 1 aromatic heterocycles. The SMILES string of the molecule is COC(=O)c1ccc(COc2cc3c(cc2N(CC(C)F)S(=O)(=O)c2nc(C)cs2)CCC3)cc1. The van der Waals surface area contributed by atoms with Gasteiger partial charge in [-0.1, -0.05) is 12.1 Å². The van der Waals surface area contributed by atoms with Gasteiger partial charge in [0, 0.05) is 11.1 Å². The number of benzene rings is 2. The predicted octanol–water partition coefficient (Wildman–Crippen LogP) is 4.86. The largest absolute Gasteiger partial charge is 0.487 e. The third-order valence-corrected chi connectivity index (χ3v) is 8.87. The quantitative estimate of drug-likeness (QED) is 0.376. The summed E-state index contributed by atoms with van der Waals surface area (Å²) in [6, 6.07) is 10.4. The van der Waals surface area contributed by atoms with Crippen LogP contribution in [0.5, 0.6) is 5.75 Å². The first-order valence-corrected chi connectivity index (χ1v) is 13.6. The summed E-state index contributed by atoms with van der Waals surface area (Å²) in [6.07, 6.45) is 1.26. The summed E-state index contributed by atoms with van der Waals surface area (Å²) in [5.41, 5.74) is 4.23. The van der Waals surface area contributed by atoms with E-state index in [1.54, 1.807) is 42.6 Å². The van der Waals surface area contributed by atoms with E-state index in [0.717, 1.165) is 51.6 Å². The molecule has 0 bridgehead atoms. The molecule has 0 saturated carbocycles. The molecule has 0 amide bonds. The number of ether oxygens (including phenoxy) is 2. The van der Waals surface area contributed by atoms with Crippen LogP contribution in [-0.4, -0.2) is 39.2 Å². The Morgan fingerprint density at radius 3 is 2.49 bits per heavy atom. The zero-order valence-corrected chi connectivity index (χ0v) is 21.4. The summed E-state index contributed by atoms with van der Waals surface area (Å²) in [7, 11) is -2.78. The van der Waals surface area contributed by atoms with Crippen molar-refractivity contribution in [3.63, 3.8) is 0 Å². The molecule has 7 nitrogen and oxygen atoms in total. The Morgan fingerprint density at radius 1 is 1.20 bits per heavy atom. The Kier molecular flexibility index (Phi) is 7.42. The lowest BCUT2D eigenvalue weighted by molar-refractivity contribution is 0.0600. The molecule has 0 fully saturated rings. The zero-order valence-electron chi connectivity index (χ0n) is 19.8. The topological polar surface area (TPSA) is 85.8 Å². The summed E-state index contributed by atoms with van der Waals surface area (Å²) in [4.78, 5) is 15.8. The molecular formula is C25H27FN2O5S2. The van der Waals surface area contributed by atoms with Crippen LogP contribution in [0.15, 0.2) is 46.1 Å². The lowest BCUT2D eigenvalue weighted by Gasteiger charge is -2.27. The molecule has 0 saturated heterocycles. The first-order valence-electron chi connectivity index (χ1n) is 11.2. The average molecular weight is 519 g/mol. The second-order valence-electron chi connectivity index (χ2n) is 8.49. The van der Waals surface area contributed by atoms with Gasteiger partial charge in [0.05, 0.1) is 24.9 Å². The van der Waals surface area contributed by atoms with Gasteiger partial charge in [-0.15, -0.1) is 11.3 Å². The van der Waals surface area contributed by atoms with Crippen LogP contribution >= 0.6 is 11.3 Å². The minimum atomic E-state index is -4.10. The second-order valence-corrected chi connectivity index (χ2v) is 11.4. The van der Waals surface area contributed by atoms with Crippen LogP contribution in [0.3, 0.4) is 0 Å². The average Bonchev–Trinajstić information content (AvgIpc) is 3.49. The van der Waals surface area contributed by atoms with Crippen molar-refractivity contribution in [2.45, 2.75) is 50.2 Å². The van der Waals surface area contributed by atoms with Gasteiger partial charge in [0.25, 0.3) is 10.0 Å². The summed E-state index contributed by atoms with van der Waals surface area (Å²) in [5.74, 6) is -0.0720. The van der Waals surface area contributed by atoms with Crippen LogP contribution in [-0.2, 0) is 34.2 Å². The van der Waals surface area contributed by atoms with Gasteiger partial charge < -0.3 is 9.47 Å². The monoisotopic (exact) mass is 518 g/mol. The van der Waals surface area contributed by atoms with Gasteiger partial charge in [-0.05, 0) is 74.1 Å². The number of aromatic nitrogens is 1. The summed E-state index contributed by atoms with van der Waals surface area (Å²) in [5, 5.41) is 1.65. The van der Waals surface area contributed by atoms with Crippen molar-refractivity contribution in [3.8, 4) is 5.75 Å². The third kappa shape index (κ3) is 5.48. The molecule has 1 heterocycles. The molecule has 186 valence electrons.